The zero-order valence-corrected chi connectivity index (χ0v) is 23.7. The van der Waals surface area contributed by atoms with Crippen LogP contribution >= 0.6 is 11.3 Å². The highest BCUT2D eigenvalue weighted by Gasteiger charge is 2.45. The molecule has 0 radical (unpaired) electrons. The number of aryl methyl sites for hydroxylation is 1. The van der Waals surface area contributed by atoms with Crippen LogP contribution in [-0.2, 0) is 20.7 Å². The third-order valence-electron chi connectivity index (χ3n) is 8.38. The van der Waals surface area contributed by atoms with Gasteiger partial charge in [0.2, 0.25) is 11.8 Å². The summed E-state index contributed by atoms with van der Waals surface area (Å²) in [5.41, 5.74) is 2.12. The maximum absolute atomic E-state index is 14.3. The molecule has 3 aromatic rings. The molecular weight excluding hydrogens is 524 g/mol. The number of allylic oxidation sites excluding steroid dienone is 1. The maximum atomic E-state index is 14.3. The van der Waals surface area contributed by atoms with E-state index in [-0.39, 0.29) is 17.9 Å². The third kappa shape index (κ3) is 5.70. The van der Waals surface area contributed by atoms with Crippen molar-refractivity contribution in [2.24, 2.45) is 5.92 Å². The molecule has 2 aliphatic heterocycles. The number of ether oxygens (including phenoxy) is 2. The van der Waals surface area contributed by atoms with Gasteiger partial charge in [-0.2, -0.15) is 0 Å². The van der Waals surface area contributed by atoms with Gasteiger partial charge >= 0.3 is 5.97 Å². The zero-order valence-electron chi connectivity index (χ0n) is 22.9. The molecule has 40 heavy (non-hydrogen) atoms. The van der Waals surface area contributed by atoms with Crippen LogP contribution in [0.15, 0.2) is 41.9 Å². The predicted molar refractivity (Wildman–Crippen MR) is 156 cm³/mol. The number of thiazole rings is 1. The van der Waals surface area contributed by atoms with E-state index >= 15 is 0 Å². The van der Waals surface area contributed by atoms with Crippen LogP contribution in [0.1, 0.15) is 62.6 Å². The molecule has 8 nitrogen and oxygen atoms in total. The Morgan fingerprint density at radius 1 is 1.18 bits per heavy atom. The van der Waals surface area contributed by atoms with Gasteiger partial charge in [-0.3, -0.25) is 4.79 Å². The van der Waals surface area contributed by atoms with Crippen LogP contribution in [0.5, 0.6) is 5.88 Å². The van der Waals surface area contributed by atoms with Crippen LogP contribution in [0.2, 0.25) is 0 Å². The largest absolute Gasteiger partial charge is 0.472 e. The first kappa shape index (κ1) is 26.7. The third-order valence-corrected chi connectivity index (χ3v) is 9.21. The number of anilines is 1. The molecule has 1 N–H and O–H groups in total. The molecule has 1 saturated carbocycles. The summed E-state index contributed by atoms with van der Waals surface area (Å²) in [5, 5.41) is 8.31. The molecule has 3 aliphatic rings. The summed E-state index contributed by atoms with van der Waals surface area (Å²) >= 11 is 1.55. The fraction of sp³-hybridized carbons (Fsp3) is 0.484. The van der Waals surface area contributed by atoms with Gasteiger partial charge in [-0.1, -0.05) is 43.5 Å². The van der Waals surface area contributed by atoms with Crippen molar-refractivity contribution < 1.29 is 19.1 Å². The second-order valence-electron chi connectivity index (χ2n) is 11.1. The van der Waals surface area contributed by atoms with Crippen LogP contribution in [0.4, 0.5) is 5.13 Å². The number of nitrogens with one attached hydrogen (secondary N) is 1. The van der Waals surface area contributed by atoms with Crippen molar-refractivity contribution in [1.82, 2.24) is 14.9 Å². The van der Waals surface area contributed by atoms with Gasteiger partial charge in [0, 0.05) is 23.4 Å². The highest BCUT2D eigenvalue weighted by atomic mass is 32.1. The number of hydrogen-bond acceptors (Lipinski definition) is 8. The first-order valence-corrected chi connectivity index (χ1v) is 15.3. The lowest BCUT2D eigenvalue weighted by Crippen LogP contribution is -2.51. The molecule has 3 atom stereocenters. The predicted octanol–water partition coefficient (Wildman–Crippen LogP) is 5.62. The van der Waals surface area contributed by atoms with E-state index in [4.69, 9.17) is 14.5 Å². The minimum Gasteiger partial charge on any atom is -0.472 e. The molecule has 2 aromatic heterocycles. The Balaban J connectivity index is 1.37. The second-order valence-corrected chi connectivity index (χ2v) is 11.9. The number of benzene rings is 1. The van der Waals surface area contributed by atoms with Gasteiger partial charge in [0.05, 0.1) is 19.3 Å². The fourth-order valence-electron chi connectivity index (χ4n) is 6.27. The van der Waals surface area contributed by atoms with Crippen molar-refractivity contribution in [1.29, 1.82) is 0 Å². The normalized spacial score (nSPS) is 25.0. The highest BCUT2D eigenvalue weighted by molar-refractivity contribution is 7.13. The monoisotopic (exact) mass is 560 g/mol. The Labute approximate surface area is 238 Å². The molecule has 9 heteroatoms. The van der Waals surface area contributed by atoms with Gasteiger partial charge in [-0.25, -0.2) is 14.8 Å². The quantitative estimate of drug-likeness (QED) is 0.407. The van der Waals surface area contributed by atoms with Crippen molar-refractivity contribution in [3.8, 4) is 5.88 Å². The number of methoxy groups -OCH3 is 1. The smallest absolute Gasteiger partial charge is 0.328 e. The molecule has 0 unspecified atom stereocenters. The van der Waals surface area contributed by atoms with E-state index < -0.39 is 18.1 Å². The lowest BCUT2D eigenvalue weighted by Gasteiger charge is -2.34. The lowest BCUT2D eigenvalue weighted by molar-refractivity contribution is -0.151. The van der Waals surface area contributed by atoms with E-state index in [0.29, 0.717) is 18.8 Å². The number of pyridine rings is 1. The fourth-order valence-corrected chi connectivity index (χ4v) is 7.05. The lowest BCUT2D eigenvalue weighted by atomic mass is 9.83. The first-order valence-electron chi connectivity index (χ1n) is 14.4. The average molecular weight is 561 g/mol. The molecule has 4 heterocycles. The van der Waals surface area contributed by atoms with E-state index in [2.05, 4.69) is 46.0 Å². The molecular formula is C31H36N4O4S. The van der Waals surface area contributed by atoms with Gasteiger partial charge in [0.1, 0.15) is 18.2 Å². The average Bonchev–Trinajstić information content (AvgIpc) is 3.62. The van der Waals surface area contributed by atoms with Gasteiger partial charge in [0.15, 0.2) is 5.13 Å². The Morgan fingerprint density at radius 3 is 2.90 bits per heavy atom. The van der Waals surface area contributed by atoms with Gasteiger partial charge in [-0.15, -0.1) is 11.3 Å². The van der Waals surface area contributed by atoms with Crippen molar-refractivity contribution in [3.05, 3.63) is 53.2 Å². The minimum absolute atomic E-state index is 0.0829. The van der Waals surface area contributed by atoms with Crippen LogP contribution in [0.25, 0.3) is 16.8 Å². The summed E-state index contributed by atoms with van der Waals surface area (Å²) in [6, 6.07) is 7.07. The van der Waals surface area contributed by atoms with E-state index in [9.17, 15) is 9.59 Å². The summed E-state index contributed by atoms with van der Waals surface area (Å²) in [4.78, 5) is 38.3. The Morgan fingerprint density at radius 2 is 2.05 bits per heavy atom. The first-order chi connectivity index (χ1) is 19.6. The van der Waals surface area contributed by atoms with Gasteiger partial charge in [0.25, 0.3) is 0 Å². The van der Waals surface area contributed by atoms with E-state index in [1.54, 1.807) is 22.4 Å². The van der Waals surface area contributed by atoms with Crippen LogP contribution in [0, 0.1) is 5.92 Å². The molecule has 1 aliphatic carbocycles. The molecule has 1 saturated heterocycles. The van der Waals surface area contributed by atoms with E-state index in [1.165, 1.54) is 13.5 Å². The number of fused-ring (bicyclic) bond motifs is 5. The van der Waals surface area contributed by atoms with E-state index in [0.717, 1.165) is 72.1 Å². The standard InChI is InChI=1S/C31H36N4O4S/c1-38-30(37)26-17-24-18-35(26)29(36)27(22-9-5-3-6-10-22)34-31-33-23(19-40-31)11-7-2-4-8-20-12-13-21-14-15-32-28(39-24)25(21)16-20/h4,8,12-16,19,22,24,26-27H,2-3,5-7,9-11,17-18H2,1H3,(H,33,34)/b8-4+/t24-,26+,27+/m1/s1. The number of carbonyl (C=O) groups excluding carboxylic acids is 2. The number of nitrogens with zero attached hydrogens (tertiary/aromatic N) is 3. The van der Waals surface area contributed by atoms with Crippen molar-refractivity contribution in [2.45, 2.75) is 76.0 Å². The summed E-state index contributed by atoms with van der Waals surface area (Å²) in [5.74, 6) is 0.203. The number of amides is 1. The Kier molecular flexibility index (Phi) is 8.00. The maximum Gasteiger partial charge on any atom is 0.328 e. The van der Waals surface area contributed by atoms with E-state index in [1.807, 2.05) is 6.07 Å². The summed E-state index contributed by atoms with van der Waals surface area (Å²) < 4.78 is 11.6. The van der Waals surface area contributed by atoms with Gasteiger partial charge < -0.3 is 19.7 Å². The summed E-state index contributed by atoms with van der Waals surface area (Å²) in [6.45, 7) is 0.296. The van der Waals surface area contributed by atoms with Crippen LogP contribution in [0.3, 0.4) is 0 Å². The molecule has 6 bridgehead atoms. The second kappa shape index (κ2) is 12.0. The number of rotatable bonds is 2. The number of aromatic nitrogens is 2. The minimum atomic E-state index is -0.707. The SMILES string of the molecule is COC(=O)[C@@H]1C[C@@H]2CN1C(=O)[C@H](C1CCCCC1)Nc1nc(cs1)CCC/C=C/c1ccc3ccnc(c3c1)O2. The van der Waals surface area contributed by atoms with Crippen molar-refractivity contribution in [3.63, 3.8) is 0 Å². The number of hydrogen-bond donors (Lipinski definition) is 1. The van der Waals surface area contributed by atoms with Gasteiger partial charge in [-0.05, 0) is 61.1 Å². The van der Waals surface area contributed by atoms with Crippen LogP contribution < -0.4 is 10.1 Å². The molecule has 1 amide bonds. The van der Waals surface area contributed by atoms with Crippen molar-refractivity contribution in [2.75, 3.05) is 19.0 Å². The molecule has 0 spiro atoms. The molecule has 6 rings (SSSR count). The number of carbonyl (C=O) groups is 2. The molecule has 1 aromatic carbocycles. The Hall–Kier alpha value is -3.46. The highest BCUT2D eigenvalue weighted by Crippen LogP contribution is 2.34. The van der Waals surface area contributed by atoms with Crippen LogP contribution in [-0.4, -0.2) is 58.6 Å². The summed E-state index contributed by atoms with van der Waals surface area (Å²) in [7, 11) is 1.37. The topological polar surface area (TPSA) is 93.7 Å². The molecule has 2 fully saturated rings. The number of esters is 1. The zero-order chi connectivity index (χ0) is 27.5. The Bertz CT molecular complexity index is 1400. The molecule has 210 valence electrons. The van der Waals surface area contributed by atoms with Crippen molar-refractivity contribution >= 4 is 45.2 Å². The summed E-state index contributed by atoms with van der Waals surface area (Å²) in [6.07, 6.45) is 14.2.